The van der Waals surface area contributed by atoms with Gasteiger partial charge in [-0.25, -0.2) is 13.2 Å². The van der Waals surface area contributed by atoms with Crippen molar-refractivity contribution in [3.63, 3.8) is 0 Å². The van der Waals surface area contributed by atoms with Crippen LogP contribution < -0.4 is 5.32 Å². The average molecular weight is 419 g/mol. The SMILES string of the molecule is CCc1ccccc1NC(=O)COC(=O)c1ccc(S(=O)(=O)N(CC)CC)cc1. The Labute approximate surface area is 171 Å². The van der Waals surface area contributed by atoms with Crippen LogP contribution in [0.5, 0.6) is 0 Å². The lowest BCUT2D eigenvalue weighted by Crippen LogP contribution is -2.30. The number of hydrogen-bond acceptors (Lipinski definition) is 5. The Bertz CT molecular complexity index is 951. The van der Waals surface area contributed by atoms with E-state index in [4.69, 9.17) is 4.74 Å². The van der Waals surface area contributed by atoms with Gasteiger partial charge in [-0.15, -0.1) is 0 Å². The number of carbonyl (C=O) groups excluding carboxylic acids is 2. The third-order valence-electron chi connectivity index (χ3n) is 4.44. The molecular formula is C21H26N2O5S. The van der Waals surface area contributed by atoms with Crippen molar-refractivity contribution in [1.29, 1.82) is 0 Å². The van der Waals surface area contributed by atoms with Crippen LogP contribution in [0.25, 0.3) is 0 Å². The van der Waals surface area contributed by atoms with Gasteiger partial charge in [0.25, 0.3) is 5.91 Å². The summed E-state index contributed by atoms with van der Waals surface area (Å²) in [5, 5.41) is 2.72. The molecule has 0 radical (unpaired) electrons. The van der Waals surface area contributed by atoms with Gasteiger partial charge in [-0.2, -0.15) is 4.31 Å². The van der Waals surface area contributed by atoms with Crippen molar-refractivity contribution in [3.8, 4) is 0 Å². The molecule has 7 nitrogen and oxygen atoms in total. The van der Waals surface area contributed by atoms with E-state index in [0.29, 0.717) is 18.8 Å². The monoisotopic (exact) mass is 418 g/mol. The fraction of sp³-hybridized carbons (Fsp3) is 0.333. The predicted molar refractivity (Wildman–Crippen MR) is 111 cm³/mol. The van der Waals surface area contributed by atoms with E-state index in [0.717, 1.165) is 12.0 Å². The molecule has 8 heteroatoms. The van der Waals surface area contributed by atoms with Crippen molar-refractivity contribution in [2.45, 2.75) is 32.1 Å². The summed E-state index contributed by atoms with van der Waals surface area (Å²) in [6.45, 7) is 5.79. The van der Waals surface area contributed by atoms with Crippen LogP contribution in [-0.4, -0.2) is 44.3 Å². The van der Waals surface area contributed by atoms with Gasteiger partial charge in [0.05, 0.1) is 10.5 Å². The normalized spacial score (nSPS) is 11.3. The molecule has 29 heavy (non-hydrogen) atoms. The van der Waals surface area contributed by atoms with Gasteiger partial charge < -0.3 is 10.1 Å². The van der Waals surface area contributed by atoms with E-state index in [1.54, 1.807) is 19.9 Å². The maximum atomic E-state index is 12.5. The fourth-order valence-electron chi connectivity index (χ4n) is 2.83. The molecule has 0 atom stereocenters. The number of benzene rings is 2. The molecule has 0 bridgehead atoms. The number of carbonyl (C=O) groups is 2. The van der Waals surface area contributed by atoms with Crippen LogP contribution in [0, 0.1) is 0 Å². The van der Waals surface area contributed by atoms with E-state index in [2.05, 4.69) is 5.32 Å². The molecule has 2 rings (SSSR count). The van der Waals surface area contributed by atoms with Gasteiger partial charge >= 0.3 is 5.97 Å². The first-order chi connectivity index (χ1) is 13.8. The summed E-state index contributed by atoms with van der Waals surface area (Å²) >= 11 is 0. The van der Waals surface area contributed by atoms with Crippen molar-refractivity contribution < 1.29 is 22.7 Å². The Balaban J connectivity index is 1.98. The third-order valence-corrected chi connectivity index (χ3v) is 6.50. The Morgan fingerprint density at radius 2 is 1.59 bits per heavy atom. The molecule has 1 N–H and O–H groups in total. The van der Waals surface area contributed by atoms with E-state index < -0.39 is 28.5 Å². The minimum absolute atomic E-state index is 0.103. The number of amides is 1. The largest absolute Gasteiger partial charge is 0.452 e. The molecule has 0 aliphatic heterocycles. The van der Waals surface area contributed by atoms with Crippen molar-refractivity contribution in [1.82, 2.24) is 4.31 Å². The standard InChI is InChI=1S/C21H26N2O5S/c1-4-16-9-7-8-10-19(16)22-20(24)15-28-21(25)17-11-13-18(14-12-17)29(26,27)23(5-2)6-3/h7-14H,4-6,15H2,1-3H3,(H,22,24). The molecule has 0 aliphatic rings. The first kappa shape index (κ1) is 22.6. The molecule has 0 aromatic heterocycles. The molecule has 0 aliphatic carbocycles. The van der Waals surface area contributed by atoms with Gasteiger partial charge in [-0.1, -0.05) is 39.0 Å². The van der Waals surface area contributed by atoms with Gasteiger partial charge in [0.2, 0.25) is 10.0 Å². The number of para-hydroxylation sites is 1. The number of ether oxygens (including phenoxy) is 1. The average Bonchev–Trinajstić information content (AvgIpc) is 2.73. The van der Waals surface area contributed by atoms with Crippen LogP contribution in [0.3, 0.4) is 0 Å². The molecule has 0 spiro atoms. The van der Waals surface area contributed by atoms with Crippen LogP contribution in [-0.2, 0) is 26.0 Å². The highest BCUT2D eigenvalue weighted by atomic mass is 32.2. The van der Waals surface area contributed by atoms with Crippen LogP contribution in [0.1, 0.15) is 36.7 Å². The first-order valence-corrected chi connectivity index (χ1v) is 10.9. The molecular weight excluding hydrogens is 392 g/mol. The van der Waals surface area contributed by atoms with Crippen molar-refractivity contribution in [3.05, 3.63) is 59.7 Å². The van der Waals surface area contributed by atoms with Gasteiger partial charge in [0.15, 0.2) is 6.61 Å². The lowest BCUT2D eigenvalue weighted by atomic mass is 10.1. The molecule has 2 aromatic carbocycles. The highest BCUT2D eigenvalue weighted by Gasteiger charge is 2.22. The van der Waals surface area contributed by atoms with E-state index in [9.17, 15) is 18.0 Å². The van der Waals surface area contributed by atoms with E-state index in [1.165, 1.54) is 28.6 Å². The summed E-state index contributed by atoms with van der Waals surface area (Å²) in [6, 6.07) is 12.9. The molecule has 2 aromatic rings. The van der Waals surface area contributed by atoms with Gasteiger partial charge in [0, 0.05) is 18.8 Å². The molecule has 0 saturated heterocycles. The lowest BCUT2D eigenvalue weighted by molar-refractivity contribution is -0.119. The summed E-state index contributed by atoms with van der Waals surface area (Å²) in [5.74, 6) is -1.14. The quantitative estimate of drug-likeness (QED) is 0.632. The Hall–Kier alpha value is -2.71. The zero-order valence-corrected chi connectivity index (χ0v) is 17.7. The lowest BCUT2D eigenvalue weighted by Gasteiger charge is -2.18. The second kappa shape index (κ2) is 10.2. The number of nitrogens with zero attached hydrogens (tertiary/aromatic N) is 1. The first-order valence-electron chi connectivity index (χ1n) is 9.48. The number of aryl methyl sites for hydroxylation is 1. The molecule has 0 saturated carbocycles. The van der Waals surface area contributed by atoms with Crippen LogP contribution in [0.4, 0.5) is 5.69 Å². The Morgan fingerprint density at radius 1 is 0.966 bits per heavy atom. The number of nitrogens with one attached hydrogen (secondary N) is 1. The van der Waals surface area contributed by atoms with Crippen LogP contribution >= 0.6 is 0 Å². The van der Waals surface area contributed by atoms with Crippen molar-refractivity contribution in [2.75, 3.05) is 25.0 Å². The third kappa shape index (κ3) is 5.65. The number of esters is 1. The van der Waals surface area contributed by atoms with E-state index in [-0.39, 0.29) is 10.5 Å². The second-order valence-corrected chi connectivity index (χ2v) is 8.19. The molecule has 1 amide bonds. The minimum Gasteiger partial charge on any atom is -0.452 e. The van der Waals surface area contributed by atoms with Crippen LogP contribution in [0.2, 0.25) is 0 Å². The van der Waals surface area contributed by atoms with Crippen LogP contribution in [0.15, 0.2) is 53.4 Å². The second-order valence-electron chi connectivity index (χ2n) is 6.25. The molecule has 156 valence electrons. The highest BCUT2D eigenvalue weighted by molar-refractivity contribution is 7.89. The maximum Gasteiger partial charge on any atom is 0.338 e. The van der Waals surface area contributed by atoms with E-state index >= 15 is 0 Å². The molecule has 0 fully saturated rings. The topological polar surface area (TPSA) is 92.8 Å². The van der Waals surface area contributed by atoms with E-state index in [1.807, 2.05) is 25.1 Å². The highest BCUT2D eigenvalue weighted by Crippen LogP contribution is 2.17. The van der Waals surface area contributed by atoms with Gasteiger partial charge in [-0.05, 0) is 42.3 Å². The Kier molecular flexibility index (Phi) is 7.92. The number of hydrogen-bond donors (Lipinski definition) is 1. The maximum absolute atomic E-state index is 12.5. The zero-order chi connectivity index (χ0) is 21.4. The predicted octanol–water partition coefficient (Wildman–Crippen LogP) is 3.08. The zero-order valence-electron chi connectivity index (χ0n) is 16.8. The summed E-state index contributed by atoms with van der Waals surface area (Å²) in [5.41, 5.74) is 1.84. The number of anilines is 1. The fourth-order valence-corrected chi connectivity index (χ4v) is 4.28. The van der Waals surface area contributed by atoms with Gasteiger partial charge in [0.1, 0.15) is 0 Å². The Morgan fingerprint density at radius 3 is 2.17 bits per heavy atom. The minimum atomic E-state index is -3.59. The van der Waals surface area contributed by atoms with Gasteiger partial charge in [-0.3, -0.25) is 4.79 Å². The molecule has 0 heterocycles. The summed E-state index contributed by atoms with van der Waals surface area (Å²) in [7, 11) is -3.59. The van der Waals surface area contributed by atoms with Crippen molar-refractivity contribution in [2.24, 2.45) is 0 Å². The number of rotatable bonds is 9. The summed E-state index contributed by atoms with van der Waals surface area (Å²) in [4.78, 5) is 24.3. The van der Waals surface area contributed by atoms with Crippen molar-refractivity contribution >= 4 is 27.6 Å². The summed E-state index contributed by atoms with van der Waals surface area (Å²) < 4.78 is 31.3. The number of sulfonamides is 1. The molecule has 0 unspecified atom stereocenters. The summed E-state index contributed by atoms with van der Waals surface area (Å²) in [6.07, 6.45) is 0.763. The smallest absolute Gasteiger partial charge is 0.338 e.